The standard InChI is InChI=1S/C21H30N4O5S/c1-31-11-9-15(22)19(27)24-16(12-14-6-3-2-4-7-14)20(28)23-13-18(26)25-10-5-8-17(25)21(29)30/h2-4,6-7,15-17H,5,8-13,22H2,1H3,(H,23,28)(H,24,27)(H,29,30)/t15-,16-,17-/m0/s1. The third-order valence-electron chi connectivity index (χ3n) is 5.16. The van der Waals surface area contributed by atoms with Crippen LogP contribution in [0.25, 0.3) is 0 Å². The van der Waals surface area contributed by atoms with Gasteiger partial charge in [0.05, 0.1) is 12.6 Å². The van der Waals surface area contributed by atoms with Gasteiger partial charge in [-0.05, 0) is 36.8 Å². The van der Waals surface area contributed by atoms with Crippen LogP contribution in [0.2, 0.25) is 0 Å². The predicted octanol–water partition coefficient (Wildman–Crippen LogP) is -0.0139. The Kier molecular flexibility index (Phi) is 9.80. The van der Waals surface area contributed by atoms with Gasteiger partial charge in [0.2, 0.25) is 17.7 Å². The number of nitrogens with zero attached hydrogens (tertiary/aromatic N) is 1. The topological polar surface area (TPSA) is 142 Å². The molecule has 3 atom stereocenters. The number of carbonyl (C=O) groups excluding carboxylic acids is 3. The minimum atomic E-state index is -1.05. The summed E-state index contributed by atoms with van der Waals surface area (Å²) < 4.78 is 0. The first-order chi connectivity index (χ1) is 14.8. The normalized spacial score (nSPS) is 17.6. The van der Waals surface area contributed by atoms with Gasteiger partial charge in [0.25, 0.3) is 0 Å². The van der Waals surface area contributed by atoms with Gasteiger partial charge >= 0.3 is 5.97 Å². The van der Waals surface area contributed by atoms with Crippen LogP contribution < -0.4 is 16.4 Å². The minimum absolute atomic E-state index is 0.239. The van der Waals surface area contributed by atoms with E-state index >= 15 is 0 Å². The number of aliphatic carboxylic acids is 1. The summed E-state index contributed by atoms with van der Waals surface area (Å²) in [4.78, 5) is 50.2. The predicted molar refractivity (Wildman–Crippen MR) is 118 cm³/mol. The van der Waals surface area contributed by atoms with Gasteiger partial charge in [-0.3, -0.25) is 14.4 Å². The molecular formula is C21H30N4O5S. The maximum Gasteiger partial charge on any atom is 0.326 e. The Morgan fingerprint density at radius 2 is 1.94 bits per heavy atom. The lowest BCUT2D eigenvalue weighted by atomic mass is 10.0. The zero-order chi connectivity index (χ0) is 22.8. The average Bonchev–Trinajstić information content (AvgIpc) is 3.26. The first-order valence-corrected chi connectivity index (χ1v) is 11.6. The van der Waals surface area contributed by atoms with Crippen molar-refractivity contribution in [2.24, 2.45) is 5.73 Å². The lowest BCUT2D eigenvalue weighted by molar-refractivity contribution is -0.148. The lowest BCUT2D eigenvalue weighted by Gasteiger charge is -2.23. The van der Waals surface area contributed by atoms with Crippen molar-refractivity contribution in [3.05, 3.63) is 35.9 Å². The molecular weight excluding hydrogens is 420 g/mol. The van der Waals surface area contributed by atoms with Gasteiger partial charge in [0, 0.05) is 13.0 Å². The fourth-order valence-corrected chi connectivity index (χ4v) is 3.91. The van der Waals surface area contributed by atoms with Gasteiger partial charge in [-0.1, -0.05) is 30.3 Å². The Hall–Kier alpha value is -2.59. The third-order valence-corrected chi connectivity index (χ3v) is 5.80. The molecule has 0 aromatic heterocycles. The van der Waals surface area contributed by atoms with Gasteiger partial charge in [0.15, 0.2) is 0 Å². The molecule has 31 heavy (non-hydrogen) atoms. The van der Waals surface area contributed by atoms with Crippen LogP contribution in [0.3, 0.4) is 0 Å². The maximum absolute atomic E-state index is 12.8. The number of hydrogen-bond acceptors (Lipinski definition) is 6. The minimum Gasteiger partial charge on any atom is -0.480 e. The highest BCUT2D eigenvalue weighted by Gasteiger charge is 2.34. The molecule has 1 fully saturated rings. The van der Waals surface area contributed by atoms with Crippen molar-refractivity contribution in [1.29, 1.82) is 0 Å². The Morgan fingerprint density at radius 3 is 2.58 bits per heavy atom. The molecule has 9 nitrogen and oxygen atoms in total. The summed E-state index contributed by atoms with van der Waals surface area (Å²) in [5, 5.41) is 14.5. The van der Waals surface area contributed by atoms with Crippen LogP contribution in [0, 0.1) is 0 Å². The van der Waals surface area contributed by atoms with Crippen molar-refractivity contribution >= 4 is 35.5 Å². The third kappa shape index (κ3) is 7.55. The van der Waals surface area contributed by atoms with Gasteiger partial charge in [-0.25, -0.2) is 4.79 Å². The number of rotatable bonds is 11. The van der Waals surface area contributed by atoms with E-state index in [4.69, 9.17) is 5.73 Å². The van der Waals surface area contributed by atoms with Crippen molar-refractivity contribution < 1.29 is 24.3 Å². The second kappa shape index (κ2) is 12.3. The van der Waals surface area contributed by atoms with Crippen LogP contribution in [0.5, 0.6) is 0 Å². The zero-order valence-electron chi connectivity index (χ0n) is 17.6. The van der Waals surface area contributed by atoms with E-state index in [2.05, 4.69) is 10.6 Å². The number of benzene rings is 1. The van der Waals surface area contributed by atoms with Crippen LogP contribution in [0.1, 0.15) is 24.8 Å². The highest BCUT2D eigenvalue weighted by molar-refractivity contribution is 7.98. The molecule has 0 saturated carbocycles. The first-order valence-electron chi connectivity index (χ1n) is 10.2. The fraction of sp³-hybridized carbons (Fsp3) is 0.524. The monoisotopic (exact) mass is 450 g/mol. The number of carboxylic acid groups (broad SMARTS) is 1. The van der Waals surface area contributed by atoms with E-state index in [9.17, 15) is 24.3 Å². The van der Waals surface area contributed by atoms with Crippen molar-refractivity contribution in [2.75, 3.05) is 25.1 Å². The summed E-state index contributed by atoms with van der Waals surface area (Å²) in [5.74, 6) is -1.74. The summed E-state index contributed by atoms with van der Waals surface area (Å²) >= 11 is 1.58. The fourth-order valence-electron chi connectivity index (χ4n) is 3.42. The molecule has 0 radical (unpaired) electrons. The van der Waals surface area contributed by atoms with Crippen LogP contribution in [0.4, 0.5) is 0 Å². The number of hydrogen-bond donors (Lipinski definition) is 4. The Labute approximate surface area is 186 Å². The molecule has 1 aromatic carbocycles. The maximum atomic E-state index is 12.8. The first kappa shape index (κ1) is 24.7. The van der Waals surface area contributed by atoms with E-state index < -0.39 is 41.8 Å². The number of thioether (sulfide) groups is 1. The molecule has 5 N–H and O–H groups in total. The van der Waals surface area contributed by atoms with Crippen molar-refractivity contribution in [3.8, 4) is 0 Å². The van der Waals surface area contributed by atoms with Crippen LogP contribution in [-0.2, 0) is 25.6 Å². The number of nitrogens with two attached hydrogens (primary N) is 1. The molecule has 0 unspecified atom stereocenters. The van der Waals surface area contributed by atoms with Crippen LogP contribution >= 0.6 is 11.8 Å². The smallest absolute Gasteiger partial charge is 0.326 e. The van der Waals surface area contributed by atoms with E-state index in [1.807, 2.05) is 36.6 Å². The number of carboxylic acids is 1. The number of nitrogens with one attached hydrogen (secondary N) is 2. The largest absolute Gasteiger partial charge is 0.480 e. The summed E-state index contributed by atoms with van der Waals surface area (Å²) in [6.45, 7) is 0.0163. The Balaban J connectivity index is 2.00. The second-order valence-electron chi connectivity index (χ2n) is 7.44. The lowest BCUT2D eigenvalue weighted by Crippen LogP contribution is -2.54. The average molecular weight is 451 g/mol. The number of likely N-dealkylation sites (tertiary alicyclic amines) is 1. The van der Waals surface area contributed by atoms with Crippen molar-refractivity contribution in [2.45, 2.75) is 43.8 Å². The molecule has 1 saturated heterocycles. The molecule has 0 bridgehead atoms. The summed E-state index contributed by atoms with van der Waals surface area (Å²) in [7, 11) is 0. The van der Waals surface area contributed by atoms with E-state index in [-0.39, 0.29) is 13.0 Å². The Bertz CT molecular complexity index is 776. The quantitative estimate of drug-likeness (QED) is 0.371. The number of carbonyl (C=O) groups is 4. The molecule has 0 spiro atoms. The van der Waals surface area contributed by atoms with Gasteiger partial charge in [-0.2, -0.15) is 11.8 Å². The van der Waals surface area contributed by atoms with Crippen LogP contribution in [0.15, 0.2) is 30.3 Å². The molecule has 0 aliphatic carbocycles. The molecule has 3 amide bonds. The molecule has 1 aromatic rings. The highest BCUT2D eigenvalue weighted by atomic mass is 32.2. The summed E-state index contributed by atoms with van der Waals surface area (Å²) in [5.41, 5.74) is 6.77. The summed E-state index contributed by atoms with van der Waals surface area (Å²) in [6, 6.07) is 6.69. The zero-order valence-corrected chi connectivity index (χ0v) is 18.4. The molecule has 170 valence electrons. The van der Waals surface area contributed by atoms with E-state index in [1.54, 1.807) is 11.8 Å². The molecule has 1 aliphatic rings. The van der Waals surface area contributed by atoms with Crippen LogP contribution in [-0.4, -0.2) is 76.9 Å². The van der Waals surface area contributed by atoms with Gasteiger partial charge in [0.1, 0.15) is 12.1 Å². The van der Waals surface area contributed by atoms with E-state index in [0.717, 1.165) is 11.3 Å². The molecule has 1 heterocycles. The highest BCUT2D eigenvalue weighted by Crippen LogP contribution is 2.17. The molecule has 1 aliphatic heterocycles. The Morgan fingerprint density at radius 1 is 1.23 bits per heavy atom. The molecule has 2 rings (SSSR count). The SMILES string of the molecule is CSCC[C@H](N)C(=O)N[C@@H](Cc1ccccc1)C(=O)NCC(=O)N1CCC[C@H]1C(=O)O. The van der Waals surface area contributed by atoms with Crippen molar-refractivity contribution in [3.63, 3.8) is 0 Å². The van der Waals surface area contributed by atoms with E-state index in [0.29, 0.717) is 25.8 Å². The van der Waals surface area contributed by atoms with E-state index in [1.165, 1.54) is 4.90 Å². The summed E-state index contributed by atoms with van der Waals surface area (Å²) in [6.07, 6.45) is 3.65. The second-order valence-corrected chi connectivity index (χ2v) is 8.43. The van der Waals surface area contributed by atoms with Gasteiger partial charge < -0.3 is 26.4 Å². The van der Waals surface area contributed by atoms with Gasteiger partial charge in [-0.15, -0.1) is 0 Å². The molecule has 10 heteroatoms. The number of amides is 3. The van der Waals surface area contributed by atoms with Crippen molar-refractivity contribution in [1.82, 2.24) is 15.5 Å².